The van der Waals surface area contributed by atoms with Crippen LogP contribution in [-0.4, -0.2) is 55.1 Å². The molecule has 6 unspecified atom stereocenters. The van der Waals surface area contributed by atoms with E-state index in [0.29, 0.717) is 0 Å². The van der Waals surface area contributed by atoms with E-state index in [1.165, 1.54) is 0 Å². The Bertz CT molecular complexity index is 840. The molecule has 1 aromatic rings. The average molecular weight is 466 g/mol. The number of nitrogens with zero attached hydrogens (tertiary/aromatic N) is 1. The van der Waals surface area contributed by atoms with Crippen molar-refractivity contribution < 1.29 is 112 Å². The predicted molar refractivity (Wildman–Crippen MR) is 75.3 cm³/mol. The molecule has 1 aliphatic heterocycles. The molecule has 0 spiro atoms. The third kappa shape index (κ3) is 8.49. The number of hydrogen-bond donors (Lipinski definition) is 4. The molecule has 1 fully saturated rings. The number of aliphatic hydroxyl groups is 2. The van der Waals surface area contributed by atoms with E-state index in [-0.39, 0.29) is 64.6 Å². The van der Waals surface area contributed by atoms with Gasteiger partial charge in [-0.1, -0.05) is 0 Å². The van der Waals surface area contributed by atoms with Crippen molar-refractivity contribution >= 4 is 15.6 Å². The number of aromatic nitrogens is 2. The standard InChI is InChI=1S/C9H14N2O12P2.2Na.H2O/c12-5-1-2-11(9(15)10-5)8-7(14)6(13)4(22-8)3-21-25(19,20)23-24(16,17)18;;;/h1-2,4,6-8,13-14H,3H2,(H,19,20)(H,10,12,15)(H2,16,17,18);;;1H2/q;2*+1;/p-2. The van der Waals surface area contributed by atoms with Gasteiger partial charge in [-0.15, -0.1) is 0 Å². The molecule has 6 atom stereocenters. The summed E-state index contributed by atoms with van der Waals surface area (Å²) in [5.74, 6) is 0. The van der Waals surface area contributed by atoms with Crippen LogP contribution in [0.15, 0.2) is 21.9 Å². The van der Waals surface area contributed by atoms with Gasteiger partial charge in [0, 0.05) is 12.3 Å². The van der Waals surface area contributed by atoms with E-state index in [1.807, 2.05) is 4.98 Å². The quantitative estimate of drug-likeness (QED) is 0.225. The minimum atomic E-state index is -5.63. The number of nitrogens with one attached hydrogen (secondary N) is 1. The van der Waals surface area contributed by atoms with E-state index in [2.05, 4.69) is 8.83 Å². The van der Waals surface area contributed by atoms with Crippen molar-refractivity contribution in [3.05, 3.63) is 33.1 Å². The van der Waals surface area contributed by atoms with Crippen molar-refractivity contribution in [1.82, 2.24) is 9.55 Å². The molecule has 0 aromatic carbocycles. The van der Waals surface area contributed by atoms with Crippen molar-refractivity contribution in [1.29, 1.82) is 0 Å². The molecule has 2 heterocycles. The van der Waals surface area contributed by atoms with Gasteiger partial charge < -0.3 is 39.6 Å². The van der Waals surface area contributed by atoms with Gasteiger partial charge >= 0.3 is 64.8 Å². The Morgan fingerprint density at radius 3 is 2.29 bits per heavy atom. The summed E-state index contributed by atoms with van der Waals surface area (Å²) < 4.78 is 34.9. The Kier molecular flexibility index (Phi) is 13.3. The maximum Gasteiger partial charge on any atom is 1.00 e. The van der Waals surface area contributed by atoms with Gasteiger partial charge in [0.05, 0.1) is 6.61 Å². The molecule has 2 rings (SSSR count). The molecule has 0 amide bonds. The second-order valence-electron chi connectivity index (χ2n) is 4.86. The van der Waals surface area contributed by atoms with E-state index in [4.69, 9.17) is 9.63 Å². The number of H-pyrrole nitrogens is 1. The number of phosphoric ester groups is 1. The van der Waals surface area contributed by atoms with Crippen molar-refractivity contribution in [2.75, 3.05) is 6.61 Å². The molecular weight excluding hydrogens is 452 g/mol. The maximum atomic E-state index is 11.7. The fourth-order valence-electron chi connectivity index (χ4n) is 2.04. The molecule has 6 N–H and O–H groups in total. The zero-order valence-electron chi connectivity index (χ0n) is 14.5. The van der Waals surface area contributed by atoms with Crippen LogP contribution >= 0.6 is 15.6 Å². The summed E-state index contributed by atoms with van der Waals surface area (Å²) >= 11 is 0. The van der Waals surface area contributed by atoms with E-state index in [9.17, 15) is 38.7 Å². The molecule has 28 heavy (non-hydrogen) atoms. The van der Waals surface area contributed by atoms with Gasteiger partial charge in [-0.3, -0.25) is 23.5 Å². The summed E-state index contributed by atoms with van der Waals surface area (Å²) in [7, 11) is -11.1. The molecule has 19 heteroatoms. The second kappa shape index (κ2) is 12.0. The number of aliphatic hydroxyl groups excluding tert-OH is 2. The van der Waals surface area contributed by atoms with Crippen molar-refractivity contribution in [2.45, 2.75) is 24.5 Å². The molecule has 150 valence electrons. The first-order valence-electron chi connectivity index (χ1n) is 6.43. The summed E-state index contributed by atoms with van der Waals surface area (Å²) in [6, 6.07) is 0.945. The van der Waals surface area contributed by atoms with Crippen LogP contribution in [0.1, 0.15) is 6.23 Å². The summed E-state index contributed by atoms with van der Waals surface area (Å²) in [4.78, 5) is 54.4. The van der Waals surface area contributed by atoms with E-state index in [0.717, 1.165) is 16.8 Å². The molecule has 0 bridgehead atoms. The molecule has 1 aromatic heterocycles. The van der Waals surface area contributed by atoms with Gasteiger partial charge in [0.2, 0.25) is 0 Å². The second-order valence-corrected chi connectivity index (χ2v) is 7.60. The maximum absolute atomic E-state index is 11.7. The van der Waals surface area contributed by atoms with Crippen LogP contribution in [-0.2, 0) is 22.7 Å². The molecular formula is C9H14N2Na2O13P2. The molecule has 15 nitrogen and oxygen atoms in total. The first-order chi connectivity index (χ1) is 11.4. The summed E-state index contributed by atoms with van der Waals surface area (Å²) in [6.07, 6.45) is -5.44. The SMILES string of the molecule is O.O=c1ccn(C2OC(COP(=O)([O-])OP(=O)([O-])O)C(O)C2O)c(=O)[nH]1.[Na+].[Na+]. The van der Waals surface area contributed by atoms with E-state index in [1.54, 1.807) is 0 Å². The Morgan fingerprint density at radius 1 is 1.21 bits per heavy atom. The fourth-order valence-corrected chi connectivity index (χ4v) is 3.57. The van der Waals surface area contributed by atoms with Crippen molar-refractivity contribution in [2.24, 2.45) is 0 Å². The van der Waals surface area contributed by atoms with Crippen LogP contribution in [0.3, 0.4) is 0 Å². The summed E-state index contributed by atoms with van der Waals surface area (Å²) in [6.45, 7) is -0.992. The first kappa shape index (κ1) is 31.0. The number of aromatic amines is 1. The minimum Gasteiger partial charge on any atom is -0.756 e. The van der Waals surface area contributed by atoms with Crippen molar-refractivity contribution in [3.8, 4) is 0 Å². The minimum absolute atomic E-state index is 0. The number of hydrogen-bond acceptors (Lipinski definition) is 11. The zero-order chi connectivity index (χ0) is 19.0. The predicted octanol–water partition coefficient (Wildman–Crippen LogP) is -10.7. The average Bonchev–Trinajstić information content (AvgIpc) is 2.71. The first-order valence-corrected chi connectivity index (χ1v) is 9.39. The van der Waals surface area contributed by atoms with Crippen LogP contribution < -0.4 is 80.2 Å². The molecule has 1 aliphatic rings. The van der Waals surface area contributed by atoms with Gasteiger partial charge in [-0.25, -0.2) is 9.11 Å². The number of ether oxygens (including phenoxy) is 1. The van der Waals surface area contributed by atoms with Crippen LogP contribution in [0.4, 0.5) is 0 Å². The van der Waals surface area contributed by atoms with Gasteiger partial charge in [0.15, 0.2) is 6.23 Å². The Hall–Kier alpha value is 0.780. The van der Waals surface area contributed by atoms with Gasteiger partial charge in [0.1, 0.15) is 18.3 Å². The van der Waals surface area contributed by atoms with Crippen LogP contribution in [0.5, 0.6) is 0 Å². The topological polar surface area (TPSA) is 255 Å². The molecule has 1 saturated heterocycles. The van der Waals surface area contributed by atoms with Gasteiger partial charge in [-0.05, 0) is 0 Å². The Balaban J connectivity index is 0. The van der Waals surface area contributed by atoms with Crippen LogP contribution in [0.25, 0.3) is 0 Å². The van der Waals surface area contributed by atoms with Crippen LogP contribution in [0, 0.1) is 0 Å². The van der Waals surface area contributed by atoms with Gasteiger partial charge in [0.25, 0.3) is 21.2 Å². The third-order valence-electron chi connectivity index (χ3n) is 3.06. The molecule has 0 aliphatic carbocycles. The van der Waals surface area contributed by atoms with Gasteiger partial charge in [-0.2, -0.15) is 0 Å². The third-order valence-corrected chi connectivity index (χ3v) is 5.15. The normalized spacial score (nSPS) is 28.0. The smallest absolute Gasteiger partial charge is 0.756 e. The fraction of sp³-hybridized carbons (Fsp3) is 0.556. The van der Waals surface area contributed by atoms with Crippen LogP contribution in [0.2, 0.25) is 0 Å². The summed E-state index contributed by atoms with van der Waals surface area (Å²) in [5, 5.41) is 19.7. The Morgan fingerprint density at radius 2 is 1.79 bits per heavy atom. The largest absolute Gasteiger partial charge is 1.00 e. The molecule has 0 saturated carbocycles. The number of rotatable bonds is 6. The van der Waals surface area contributed by atoms with E-state index >= 15 is 0 Å². The zero-order valence-corrected chi connectivity index (χ0v) is 20.3. The van der Waals surface area contributed by atoms with E-state index < -0.39 is 58.0 Å². The molecule has 0 radical (unpaired) electrons. The van der Waals surface area contributed by atoms with Crippen molar-refractivity contribution in [3.63, 3.8) is 0 Å². The summed E-state index contributed by atoms with van der Waals surface area (Å²) in [5.41, 5.74) is -1.68. The monoisotopic (exact) mass is 466 g/mol. The number of phosphoric acid groups is 2. The Labute approximate surface area is 200 Å².